The molecule has 2 heterocycles. The minimum absolute atomic E-state index is 0. The van der Waals surface area contributed by atoms with Gasteiger partial charge in [-0.25, -0.2) is 0 Å². The minimum atomic E-state index is 0. The van der Waals surface area contributed by atoms with Crippen LogP contribution in [0.25, 0.3) is 0 Å². The Balaban J connectivity index is 0.00000341. The maximum Gasteiger partial charge on any atom is 0.191 e. The number of nitrogens with zero attached hydrogens (tertiary/aromatic N) is 3. The molecule has 2 N–H and O–H groups in total. The molecule has 0 spiro atoms. The van der Waals surface area contributed by atoms with Crippen LogP contribution >= 0.6 is 35.6 Å². The number of hydrogen-bond acceptors (Lipinski definition) is 4. The number of benzene rings is 1. The highest BCUT2D eigenvalue weighted by molar-refractivity contribution is 14.0. The molecule has 8 heteroatoms. The Morgan fingerprint density at radius 2 is 1.90 bits per heavy atom. The van der Waals surface area contributed by atoms with E-state index in [-0.39, 0.29) is 24.0 Å². The summed E-state index contributed by atoms with van der Waals surface area (Å²) in [6, 6.07) is 10.6. The molecular weight excluding hydrogens is 525 g/mol. The number of guanidine groups is 1. The van der Waals surface area contributed by atoms with Crippen molar-refractivity contribution < 1.29 is 4.52 Å². The van der Waals surface area contributed by atoms with Gasteiger partial charge in [-0.2, -0.15) is 0 Å². The van der Waals surface area contributed by atoms with Crippen molar-refractivity contribution in [3.05, 3.63) is 52.4 Å². The van der Waals surface area contributed by atoms with Crippen LogP contribution in [0, 0.1) is 0 Å². The van der Waals surface area contributed by atoms with Crippen LogP contribution in [-0.2, 0) is 13.1 Å². The second-order valence-corrected chi connectivity index (χ2v) is 8.41. The highest BCUT2D eigenvalue weighted by Crippen LogP contribution is 2.22. The molecule has 0 unspecified atom stereocenters. The maximum absolute atomic E-state index is 5.98. The van der Waals surface area contributed by atoms with Crippen LogP contribution in [0.3, 0.4) is 0 Å². The fourth-order valence-electron chi connectivity index (χ4n) is 3.95. The zero-order valence-electron chi connectivity index (χ0n) is 18.7. The number of likely N-dealkylation sites (tertiary alicyclic amines) is 1. The van der Waals surface area contributed by atoms with Gasteiger partial charge in [-0.05, 0) is 43.4 Å². The molecular formula is C23H35ClIN5O. The average molecular weight is 560 g/mol. The molecule has 0 saturated carbocycles. The van der Waals surface area contributed by atoms with Crippen molar-refractivity contribution in [3.63, 3.8) is 0 Å². The van der Waals surface area contributed by atoms with Gasteiger partial charge < -0.3 is 15.2 Å². The van der Waals surface area contributed by atoms with Crippen molar-refractivity contribution in [1.82, 2.24) is 20.7 Å². The summed E-state index contributed by atoms with van der Waals surface area (Å²) >= 11 is 5.98. The van der Waals surface area contributed by atoms with Crippen LogP contribution in [0.2, 0.25) is 5.02 Å². The van der Waals surface area contributed by atoms with Gasteiger partial charge in [0.1, 0.15) is 0 Å². The molecule has 0 amide bonds. The van der Waals surface area contributed by atoms with Gasteiger partial charge >= 0.3 is 0 Å². The van der Waals surface area contributed by atoms with E-state index in [1.807, 2.05) is 12.1 Å². The highest BCUT2D eigenvalue weighted by Gasteiger charge is 2.20. The summed E-state index contributed by atoms with van der Waals surface area (Å²) in [4.78, 5) is 6.86. The Morgan fingerprint density at radius 1 is 1.23 bits per heavy atom. The summed E-state index contributed by atoms with van der Waals surface area (Å²) in [6.07, 6.45) is 4.34. The van der Waals surface area contributed by atoms with Crippen molar-refractivity contribution in [3.8, 4) is 0 Å². The van der Waals surface area contributed by atoms with Gasteiger partial charge in [0, 0.05) is 49.7 Å². The van der Waals surface area contributed by atoms with Gasteiger partial charge in [0.25, 0.3) is 0 Å². The number of aliphatic imine (C=N–C) groups is 1. The van der Waals surface area contributed by atoms with Gasteiger partial charge in [-0.3, -0.25) is 9.89 Å². The standard InChI is InChI=1S/C23H34ClN5O.HI/c1-4-18(5-2)22-14-21(30-28-22)15-26-23(25-3)27-20-10-12-29(13-11-20)16-17-6-8-19(24)9-7-17;/h6-9,14,18,20H,4-5,10-13,15-16H2,1-3H3,(H2,25,26,27);1H. The number of rotatable bonds is 8. The second kappa shape index (κ2) is 13.3. The molecule has 0 atom stereocenters. The Hall–Kier alpha value is -1.32. The molecule has 31 heavy (non-hydrogen) atoms. The molecule has 0 bridgehead atoms. The third-order valence-corrected chi connectivity index (χ3v) is 6.13. The van der Waals surface area contributed by atoms with E-state index in [4.69, 9.17) is 16.1 Å². The van der Waals surface area contributed by atoms with Crippen LogP contribution < -0.4 is 10.6 Å². The molecule has 172 valence electrons. The van der Waals surface area contributed by atoms with E-state index in [0.29, 0.717) is 18.5 Å². The highest BCUT2D eigenvalue weighted by atomic mass is 127. The molecule has 1 aliphatic rings. The topological polar surface area (TPSA) is 65.7 Å². The van der Waals surface area contributed by atoms with E-state index in [9.17, 15) is 0 Å². The summed E-state index contributed by atoms with van der Waals surface area (Å²) in [5, 5.41) is 11.9. The van der Waals surface area contributed by atoms with Gasteiger partial charge in [-0.15, -0.1) is 24.0 Å². The molecule has 2 aromatic rings. The summed E-state index contributed by atoms with van der Waals surface area (Å²) < 4.78 is 5.50. The lowest BCUT2D eigenvalue weighted by Crippen LogP contribution is -2.48. The third kappa shape index (κ3) is 7.95. The zero-order chi connectivity index (χ0) is 21.3. The van der Waals surface area contributed by atoms with Crippen molar-refractivity contribution in [2.75, 3.05) is 20.1 Å². The molecule has 1 saturated heterocycles. The Morgan fingerprint density at radius 3 is 2.52 bits per heavy atom. The summed E-state index contributed by atoms with van der Waals surface area (Å²) in [6.45, 7) is 8.07. The van der Waals surface area contributed by atoms with Crippen LogP contribution in [0.4, 0.5) is 0 Å². The monoisotopic (exact) mass is 559 g/mol. The molecule has 1 aromatic heterocycles. The van der Waals surface area contributed by atoms with Gasteiger partial charge in [-0.1, -0.05) is 42.7 Å². The summed E-state index contributed by atoms with van der Waals surface area (Å²) in [5.74, 6) is 2.13. The van der Waals surface area contributed by atoms with Crippen LogP contribution in [0.15, 0.2) is 39.8 Å². The normalized spacial score (nSPS) is 15.7. The number of nitrogens with one attached hydrogen (secondary N) is 2. The van der Waals surface area contributed by atoms with Crippen molar-refractivity contribution in [2.24, 2.45) is 4.99 Å². The summed E-state index contributed by atoms with van der Waals surface area (Å²) in [7, 11) is 1.81. The first kappa shape index (κ1) is 25.9. The van der Waals surface area contributed by atoms with E-state index in [2.05, 4.69) is 57.7 Å². The molecule has 1 aliphatic heterocycles. The van der Waals surface area contributed by atoms with Crippen LogP contribution in [0.5, 0.6) is 0 Å². The lowest BCUT2D eigenvalue weighted by atomic mass is 9.99. The molecule has 1 fully saturated rings. The summed E-state index contributed by atoms with van der Waals surface area (Å²) in [5.41, 5.74) is 2.36. The van der Waals surface area contributed by atoms with E-state index in [0.717, 1.165) is 67.8 Å². The largest absolute Gasteiger partial charge is 0.359 e. The minimum Gasteiger partial charge on any atom is -0.359 e. The number of halogens is 2. The van der Waals surface area contributed by atoms with E-state index in [1.54, 1.807) is 7.05 Å². The van der Waals surface area contributed by atoms with Gasteiger partial charge in [0.2, 0.25) is 0 Å². The molecule has 0 aliphatic carbocycles. The molecule has 0 radical (unpaired) electrons. The average Bonchev–Trinajstić information content (AvgIpc) is 3.23. The van der Waals surface area contributed by atoms with Crippen molar-refractivity contribution >= 4 is 41.5 Å². The van der Waals surface area contributed by atoms with Crippen molar-refractivity contribution in [2.45, 2.75) is 64.6 Å². The zero-order valence-corrected chi connectivity index (χ0v) is 21.8. The maximum atomic E-state index is 5.98. The van der Waals surface area contributed by atoms with Crippen LogP contribution in [-0.4, -0.2) is 42.2 Å². The molecule has 3 rings (SSSR count). The first-order chi connectivity index (χ1) is 14.6. The Bertz CT molecular complexity index is 799. The molecule has 1 aromatic carbocycles. The predicted octanol–water partition coefficient (Wildman–Crippen LogP) is 5.18. The van der Waals surface area contributed by atoms with Crippen molar-refractivity contribution in [1.29, 1.82) is 0 Å². The Kier molecular flexibility index (Phi) is 11.1. The van der Waals surface area contributed by atoms with Crippen LogP contribution in [0.1, 0.15) is 62.5 Å². The Labute approximate surface area is 208 Å². The number of hydrogen-bond donors (Lipinski definition) is 2. The molecule has 6 nitrogen and oxygen atoms in total. The number of piperidine rings is 1. The third-order valence-electron chi connectivity index (χ3n) is 5.88. The fourth-order valence-corrected chi connectivity index (χ4v) is 4.08. The first-order valence-corrected chi connectivity index (χ1v) is 11.4. The van der Waals surface area contributed by atoms with Gasteiger partial charge in [0.15, 0.2) is 11.7 Å². The fraction of sp³-hybridized carbons (Fsp3) is 0.565. The quantitative estimate of drug-likeness (QED) is 0.265. The smallest absolute Gasteiger partial charge is 0.191 e. The van der Waals surface area contributed by atoms with E-state index >= 15 is 0 Å². The predicted molar refractivity (Wildman–Crippen MR) is 138 cm³/mol. The SMILES string of the molecule is CCC(CC)c1cc(CNC(=NC)NC2CCN(Cc3ccc(Cl)cc3)CC2)on1.I. The first-order valence-electron chi connectivity index (χ1n) is 11.0. The number of aromatic nitrogens is 1. The van der Waals surface area contributed by atoms with E-state index < -0.39 is 0 Å². The lowest BCUT2D eigenvalue weighted by Gasteiger charge is -2.33. The van der Waals surface area contributed by atoms with Gasteiger partial charge in [0.05, 0.1) is 12.2 Å². The van der Waals surface area contributed by atoms with E-state index in [1.165, 1.54) is 5.56 Å². The lowest BCUT2D eigenvalue weighted by molar-refractivity contribution is 0.198. The second-order valence-electron chi connectivity index (χ2n) is 7.98.